The Hall–Kier alpha value is -1.40. The third-order valence-corrected chi connectivity index (χ3v) is 3.20. The van der Waals surface area contributed by atoms with Gasteiger partial charge in [-0.25, -0.2) is 0 Å². The second-order valence-electron chi connectivity index (χ2n) is 3.85. The SMILES string of the molecule is O=c1ccccn1CC(S)(S)n1ccccc1=O. The summed E-state index contributed by atoms with van der Waals surface area (Å²) in [5.41, 5.74) is -0.375. The van der Waals surface area contributed by atoms with E-state index in [1.54, 1.807) is 36.7 Å². The molecule has 0 atom stereocenters. The maximum Gasteiger partial charge on any atom is 0.252 e. The Bertz CT molecular complexity index is 661. The molecule has 0 aliphatic carbocycles. The number of nitrogens with zero attached hydrogens (tertiary/aromatic N) is 2. The van der Waals surface area contributed by atoms with Crippen molar-refractivity contribution in [3.63, 3.8) is 0 Å². The van der Waals surface area contributed by atoms with E-state index < -0.39 is 4.20 Å². The van der Waals surface area contributed by atoms with Gasteiger partial charge in [0.05, 0.1) is 6.54 Å². The molecule has 0 saturated carbocycles. The molecule has 94 valence electrons. The number of thiol groups is 2. The van der Waals surface area contributed by atoms with Crippen LogP contribution in [0.15, 0.2) is 58.4 Å². The summed E-state index contributed by atoms with van der Waals surface area (Å²) in [6.45, 7) is 0.183. The molecular formula is C12H12N2O2S2. The van der Waals surface area contributed by atoms with Crippen LogP contribution in [-0.2, 0) is 10.7 Å². The predicted octanol–water partition coefficient (Wildman–Crippen LogP) is 1.18. The standard InChI is InChI=1S/C12H12N2O2S2/c15-10-5-1-3-7-13(10)9-12(17,18)14-8-4-2-6-11(14)16/h1-8,17-18H,9H2. The quantitative estimate of drug-likeness (QED) is 0.655. The van der Waals surface area contributed by atoms with Gasteiger partial charge in [-0.2, -0.15) is 0 Å². The Kier molecular flexibility index (Phi) is 3.68. The van der Waals surface area contributed by atoms with Gasteiger partial charge < -0.3 is 4.57 Å². The highest BCUT2D eigenvalue weighted by Gasteiger charge is 2.24. The maximum atomic E-state index is 11.7. The lowest BCUT2D eigenvalue weighted by atomic mass is 10.4. The molecule has 0 aliphatic heterocycles. The molecule has 0 amide bonds. The molecule has 0 aliphatic rings. The highest BCUT2D eigenvalue weighted by molar-refractivity contribution is 7.99. The lowest BCUT2D eigenvalue weighted by Crippen LogP contribution is -2.37. The lowest BCUT2D eigenvalue weighted by Gasteiger charge is -2.26. The van der Waals surface area contributed by atoms with Gasteiger partial charge in [-0.05, 0) is 12.1 Å². The van der Waals surface area contributed by atoms with Crippen molar-refractivity contribution in [1.29, 1.82) is 0 Å². The fourth-order valence-electron chi connectivity index (χ4n) is 1.62. The van der Waals surface area contributed by atoms with Crippen LogP contribution < -0.4 is 11.1 Å². The molecule has 0 bridgehead atoms. The van der Waals surface area contributed by atoms with Gasteiger partial charge in [0.1, 0.15) is 0 Å². The van der Waals surface area contributed by atoms with Crippen LogP contribution in [0.1, 0.15) is 0 Å². The summed E-state index contributed by atoms with van der Waals surface area (Å²) < 4.78 is 1.77. The number of hydrogen-bond donors (Lipinski definition) is 2. The summed E-state index contributed by atoms with van der Waals surface area (Å²) in [7, 11) is 0. The Morgan fingerprint density at radius 2 is 1.56 bits per heavy atom. The first-order chi connectivity index (χ1) is 8.50. The molecule has 0 unspecified atom stereocenters. The smallest absolute Gasteiger partial charge is 0.252 e. The summed E-state index contributed by atoms with van der Waals surface area (Å²) in [4.78, 5) is 23.3. The molecule has 2 aromatic rings. The summed E-state index contributed by atoms with van der Waals surface area (Å²) in [5, 5.41) is 0. The first-order valence-corrected chi connectivity index (χ1v) is 6.18. The zero-order valence-electron chi connectivity index (χ0n) is 9.43. The summed E-state index contributed by atoms with van der Waals surface area (Å²) in [5.74, 6) is 0. The van der Waals surface area contributed by atoms with Crippen molar-refractivity contribution in [2.24, 2.45) is 0 Å². The van der Waals surface area contributed by atoms with Crippen LogP contribution in [0.4, 0.5) is 0 Å². The van der Waals surface area contributed by atoms with Gasteiger partial charge in [0, 0.05) is 24.5 Å². The van der Waals surface area contributed by atoms with Crippen molar-refractivity contribution in [3.05, 3.63) is 69.5 Å². The third kappa shape index (κ3) is 2.70. The Morgan fingerprint density at radius 3 is 2.17 bits per heavy atom. The summed E-state index contributed by atoms with van der Waals surface area (Å²) >= 11 is 8.74. The van der Waals surface area contributed by atoms with E-state index in [-0.39, 0.29) is 17.7 Å². The second-order valence-corrected chi connectivity index (χ2v) is 5.68. The number of pyridine rings is 2. The van der Waals surface area contributed by atoms with Gasteiger partial charge in [-0.15, -0.1) is 25.3 Å². The molecule has 0 aromatic carbocycles. The van der Waals surface area contributed by atoms with E-state index in [0.717, 1.165) is 0 Å². The molecular weight excluding hydrogens is 268 g/mol. The molecule has 2 aromatic heterocycles. The highest BCUT2D eigenvalue weighted by Crippen LogP contribution is 2.25. The van der Waals surface area contributed by atoms with Crippen molar-refractivity contribution in [2.45, 2.75) is 10.7 Å². The largest absolute Gasteiger partial charge is 0.311 e. The van der Waals surface area contributed by atoms with E-state index in [9.17, 15) is 9.59 Å². The van der Waals surface area contributed by atoms with Crippen LogP contribution in [0.2, 0.25) is 0 Å². The van der Waals surface area contributed by atoms with E-state index in [1.807, 2.05) is 0 Å². The molecule has 0 spiro atoms. The summed E-state index contributed by atoms with van der Waals surface area (Å²) in [6, 6.07) is 9.64. The lowest BCUT2D eigenvalue weighted by molar-refractivity contribution is 0.504. The minimum absolute atomic E-state index is 0.158. The van der Waals surface area contributed by atoms with E-state index in [2.05, 4.69) is 25.3 Å². The van der Waals surface area contributed by atoms with Gasteiger partial charge in [-0.3, -0.25) is 14.2 Å². The molecule has 0 fully saturated rings. The minimum atomic E-state index is -1.07. The van der Waals surface area contributed by atoms with Crippen LogP contribution in [-0.4, -0.2) is 9.13 Å². The van der Waals surface area contributed by atoms with Crippen molar-refractivity contribution in [1.82, 2.24) is 9.13 Å². The summed E-state index contributed by atoms with van der Waals surface area (Å²) in [6.07, 6.45) is 3.23. The third-order valence-electron chi connectivity index (χ3n) is 2.49. The molecule has 2 heterocycles. The van der Waals surface area contributed by atoms with Crippen LogP contribution in [0.25, 0.3) is 0 Å². The van der Waals surface area contributed by atoms with Crippen LogP contribution in [0, 0.1) is 0 Å². The molecule has 18 heavy (non-hydrogen) atoms. The van der Waals surface area contributed by atoms with Gasteiger partial charge >= 0.3 is 0 Å². The normalized spacial score (nSPS) is 11.4. The number of hydrogen-bond acceptors (Lipinski definition) is 4. The first-order valence-electron chi connectivity index (χ1n) is 5.29. The molecule has 4 nitrogen and oxygen atoms in total. The van der Waals surface area contributed by atoms with Gasteiger partial charge in [0.2, 0.25) is 0 Å². The Labute approximate surface area is 115 Å². The van der Waals surface area contributed by atoms with Crippen LogP contribution in [0.5, 0.6) is 0 Å². The van der Waals surface area contributed by atoms with E-state index >= 15 is 0 Å². The Balaban J connectivity index is 2.39. The second kappa shape index (κ2) is 5.07. The topological polar surface area (TPSA) is 44.0 Å². The molecule has 2 rings (SSSR count). The van der Waals surface area contributed by atoms with Crippen LogP contribution >= 0.6 is 25.3 Å². The first kappa shape index (κ1) is 13.0. The van der Waals surface area contributed by atoms with Crippen molar-refractivity contribution >= 4 is 25.3 Å². The zero-order chi connectivity index (χ0) is 13.2. The average molecular weight is 280 g/mol. The van der Waals surface area contributed by atoms with Crippen molar-refractivity contribution in [2.75, 3.05) is 0 Å². The van der Waals surface area contributed by atoms with Gasteiger partial charge in [0.15, 0.2) is 4.20 Å². The number of rotatable bonds is 3. The molecule has 0 radical (unpaired) electrons. The fourth-order valence-corrected chi connectivity index (χ4v) is 2.25. The fraction of sp³-hybridized carbons (Fsp3) is 0.167. The van der Waals surface area contributed by atoms with Gasteiger partial charge in [0.25, 0.3) is 11.1 Å². The monoisotopic (exact) mass is 280 g/mol. The molecule has 0 saturated heterocycles. The zero-order valence-corrected chi connectivity index (χ0v) is 11.2. The average Bonchev–Trinajstić information content (AvgIpc) is 2.32. The molecule has 0 N–H and O–H groups in total. The Morgan fingerprint density at radius 1 is 0.944 bits per heavy atom. The van der Waals surface area contributed by atoms with Gasteiger partial charge in [-0.1, -0.05) is 12.1 Å². The van der Waals surface area contributed by atoms with Crippen molar-refractivity contribution in [3.8, 4) is 0 Å². The number of aromatic nitrogens is 2. The van der Waals surface area contributed by atoms with E-state index in [0.29, 0.717) is 0 Å². The predicted molar refractivity (Wildman–Crippen MR) is 77.4 cm³/mol. The van der Waals surface area contributed by atoms with E-state index in [4.69, 9.17) is 0 Å². The van der Waals surface area contributed by atoms with E-state index in [1.165, 1.54) is 21.3 Å². The van der Waals surface area contributed by atoms with Crippen LogP contribution in [0.3, 0.4) is 0 Å². The molecule has 6 heteroatoms. The minimum Gasteiger partial charge on any atom is -0.311 e. The maximum absolute atomic E-state index is 11.7. The van der Waals surface area contributed by atoms with Crippen molar-refractivity contribution < 1.29 is 0 Å². The highest BCUT2D eigenvalue weighted by atomic mass is 32.2.